The van der Waals surface area contributed by atoms with Gasteiger partial charge in [-0.2, -0.15) is 17.5 Å². The fraction of sp³-hybridized carbons (Fsp3) is 0.409. The maximum atomic E-state index is 13.2. The second-order valence-electron chi connectivity index (χ2n) is 8.16. The summed E-state index contributed by atoms with van der Waals surface area (Å²) in [6, 6.07) is 8.69. The topological polar surface area (TPSA) is 60.9 Å². The maximum absolute atomic E-state index is 13.2. The molecule has 10 heteroatoms. The maximum Gasteiger partial charge on any atom is 0.416 e. The molecule has 0 N–H and O–H groups in total. The molecule has 0 aliphatic carbocycles. The van der Waals surface area contributed by atoms with Crippen LogP contribution in [0.2, 0.25) is 0 Å². The SMILES string of the molecule is CC(=O)N1CCc2cc(S(=O)(=O)N3CCN(c4cc(C)cc(C(F)(F)F)c4)CC3)ccc21. The number of aryl methyl sites for hydroxylation is 1. The van der Waals surface area contributed by atoms with Gasteiger partial charge in [-0.25, -0.2) is 8.42 Å². The Bertz CT molecular complexity index is 1160. The number of sulfonamides is 1. The number of hydrogen-bond donors (Lipinski definition) is 0. The van der Waals surface area contributed by atoms with Crippen molar-refractivity contribution in [1.82, 2.24) is 4.31 Å². The molecule has 1 saturated heterocycles. The first-order chi connectivity index (χ1) is 15.0. The number of carbonyl (C=O) groups excluding carboxylic acids is 1. The van der Waals surface area contributed by atoms with E-state index in [1.807, 2.05) is 0 Å². The molecule has 0 saturated carbocycles. The Morgan fingerprint density at radius 1 is 0.969 bits per heavy atom. The van der Waals surface area contributed by atoms with Gasteiger partial charge < -0.3 is 9.80 Å². The number of rotatable bonds is 3. The molecule has 0 unspecified atom stereocenters. The van der Waals surface area contributed by atoms with E-state index in [4.69, 9.17) is 0 Å². The van der Waals surface area contributed by atoms with Gasteiger partial charge in [0, 0.05) is 51.0 Å². The minimum Gasteiger partial charge on any atom is -0.369 e. The van der Waals surface area contributed by atoms with E-state index in [0.29, 0.717) is 37.3 Å². The molecule has 0 aromatic heterocycles. The number of anilines is 2. The molecule has 2 aliphatic rings. The highest BCUT2D eigenvalue weighted by Gasteiger charge is 2.33. The van der Waals surface area contributed by atoms with Crippen molar-refractivity contribution in [2.24, 2.45) is 0 Å². The molecule has 4 rings (SSSR count). The molecular formula is C22H24F3N3O3S. The van der Waals surface area contributed by atoms with Gasteiger partial charge in [0.25, 0.3) is 0 Å². The van der Waals surface area contributed by atoms with Gasteiger partial charge in [0.15, 0.2) is 0 Å². The van der Waals surface area contributed by atoms with Crippen LogP contribution in [0.25, 0.3) is 0 Å². The highest BCUT2D eigenvalue weighted by atomic mass is 32.2. The third-order valence-electron chi connectivity index (χ3n) is 5.96. The van der Waals surface area contributed by atoms with Crippen molar-refractivity contribution < 1.29 is 26.4 Å². The lowest BCUT2D eigenvalue weighted by Crippen LogP contribution is -2.48. The van der Waals surface area contributed by atoms with Crippen LogP contribution in [0.15, 0.2) is 41.3 Å². The summed E-state index contributed by atoms with van der Waals surface area (Å²) in [5, 5.41) is 0. The molecule has 0 radical (unpaired) electrons. The number of halogens is 3. The smallest absolute Gasteiger partial charge is 0.369 e. The van der Waals surface area contributed by atoms with Gasteiger partial charge in [0.2, 0.25) is 15.9 Å². The Balaban J connectivity index is 1.50. The standard InChI is InChI=1S/C22H24F3N3O3S/c1-15-11-18(22(23,24)25)14-19(12-15)26-7-9-27(10-8-26)32(30,31)20-3-4-21-17(13-20)5-6-28(21)16(2)29/h3-4,11-14H,5-10H2,1-2H3. The Hall–Kier alpha value is -2.59. The highest BCUT2D eigenvalue weighted by Crippen LogP contribution is 2.34. The Morgan fingerprint density at radius 3 is 2.28 bits per heavy atom. The van der Waals surface area contributed by atoms with E-state index in [0.717, 1.165) is 23.4 Å². The monoisotopic (exact) mass is 467 g/mol. The molecule has 0 spiro atoms. The normalized spacial score (nSPS) is 17.5. The summed E-state index contributed by atoms with van der Waals surface area (Å²) in [6.45, 7) is 4.56. The second-order valence-corrected chi connectivity index (χ2v) is 10.1. The number of carbonyl (C=O) groups is 1. The van der Waals surface area contributed by atoms with E-state index >= 15 is 0 Å². The first-order valence-electron chi connectivity index (χ1n) is 10.3. The number of fused-ring (bicyclic) bond motifs is 1. The van der Waals surface area contributed by atoms with E-state index in [1.165, 1.54) is 17.3 Å². The molecule has 2 aliphatic heterocycles. The number of amides is 1. The second kappa shape index (κ2) is 8.08. The van der Waals surface area contributed by atoms with Crippen LogP contribution in [-0.4, -0.2) is 51.4 Å². The van der Waals surface area contributed by atoms with Crippen molar-refractivity contribution in [3.8, 4) is 0 Å². The van der Waals surface area contributed by atoms with Crippen molar-refractivity contribution in [3.05, 3.63) is 53.1 Å². The minimum atomic E-state index is -4.43. The number of hydrogen-bond acceptors (Lipinski definition) is 4. The summed E-state index contributed by atoms with van der Waals surface area (Å²) in [6.07, 6.45) is -3.83. The van der Waals surface area contributed by atoms with E-state index < -0.39 is 21.8 Å². The Kier molecular flexibility index (Phi) is 5.70. The Labute approximate surface area is 185 Å². The van der Waals surface area contributed by atoms with Gasteiger partial charge >= 0.3 is 6.18 Å². The lowest BCUT2D eigenvalue weighted by atomic mass is 10.1. The van der Waals surface area contributed by atoms with Crippen LogP contribution < -0.4 is 9.80 Å². The average molecular weight is 468 g/mol. The van der Waals surface area contributed by atoms with Crippen LogP contribution in [0, 0.1) is 6.92 Å². The third kappa shape index (κ3) is 4.21. The number of nitrogens with zero attached hydrogens (tertiary/aromatic N) is 3. The summed E-state index contributed by atoms with van der Waals surface area (Å²) < 4.78 is 67.2. The van der Waals surface area contributed by atoms with Crippen molar-refractivity contribution in [2.45, 2.75) is 31.3 Å². The summed E-state index contributed by atoms with van der Waals surface area (Å²) in [7, 11) is -3.74. The van der Waals surface area contributed by atoms with E-state index in [1.54, 1.807) is 34.9 Å². The molecule has 0 bridgehead atoms. The third-order valence-corrected chi connectivity index (χ3v) is 7.85. The molecule has 6 nitrogen and oxygen atoms in total. The van der Waals surface area contributed by atoms with Gasteiger partial charge in [-0.05, 0) is 60.9 Å². The highest BCUT2D eigenvalue weighted by molar-refractivity contribution is 7.89. The quantitative estimate of drug-likeness (QED) is 0.694. The van der Waals surface area contributed by atoms with Crippen LogP contribution >= 0.6 is 0 Å². The zero-order valence-corrected chi connectivity index (χ0v) is 18.6. The molecule has 0 atom stereocenters. The fourth-order valence-electron chi connectivity index (χ4n) is 4.31. The predicted molar refractivity (Wildman–Crippen MR) is 115 cm³/mol. The lowest BCUT2D eigenvalue weighted by Gasteiger charge is -2.35. The number of alkyl halides is 3. The van der Waals surface area contributed by atoms with Crippen LogP contribution in [-0.2, 0) is 27.4 Å². The molecule has 1 fully saturated rings. The first kappa shape index (κ1) is 22.6. The van der Waals surface area contributed by atoms with Crippen molar-refractivity contribution in [1.29, 1.82) is 0 Å². The largest absolute Gasteiger partial charge is 0.416 e. The summed E-state index contributed by atoms with van der Waals surface area (Å²) in [5.74, 6) is -0.0830. The molecule has 32 heavy (non-hydrogen) atoms. The van der Waals surface area contributed by atoms with E-state index in [-0.39, 0.29) is 23.9 Å². The van der Waals surface area contributed by atoms with Gasteiger partial charge in [-0.3, -0.25) is 4.79 Å². The van der Waals surface area contributed by atoms with Crippen LogP contribution in [0.3, 0.4) is 0 Å². The van der Waals surface area contributed by atoms with Gasteiger partial charge in [-0.15, -0.1) is 0 Å². The van der Waals surface area contributed by atoms with Gasteiger partial charge in [0.1, 0.15) is 0 Å². The van der Waals surface area contributed by atoms with Crippen molar-refractivity contribution in [2.75, 3.05) is 42.5 Å². The molecule has 2 heterocycles. The van der Waals surface area contributed by atoms with Crippen molar-refractivity contribution >= 4 is 27.3 Å². The van der Waals surface area contributed by atoms with E-state index in [2.05, 4.69) is 0 Å². The van der Waals surface area contributed by atoms with Gasteiger partial charge in [-0.1, -0.05) is 0 Å². The zero-order chi connectivity index (χ0) is 23.3. The van der Waals surface area contributed by atoms with Gasteiger partial charge in [0.05, 0.1) is 10.5 Å². The predicted octanol–water partition coefficient (Wildman–Crippen LogP) is 3.43. The first-order valence-corrected chi connectivity index (χ1v) is 11.8. The number of benzene rings is 2. The average Bonchev–Trinajstić information content (AvgIpc) is 3.16. The molecule has 2 aromatic rings. The zero-order valence-electron chi connectivity index (χ0n) is 17.8. The van der Waals surface area contributed by atoms with Crippen molar-refractivity contribution in [3.63, 3.8) is 0 Å². The molecule has 2 aromatic carbocycles. The number of piperazine rings is 1. The lowest BCUT2D eigenvalue weighted by molar-refractivity contribution is -0.137. The summed E-state index contributed by atoms with van der Waals surface area (Å²) in [4.78, 5) is 15.3. The minimum absolute atomic E-state index is 0.0830. The van der Waals surface area contributed by atoms with Crippen LogP contribution in [0.4, 0.5) is 24.5 Å². The van der Waals surface area contributed by atoms with E-state index in [9.17, 15) is 26.4 Å². The summed E-state index contributed by atoms with van der Waals surface area (Å²) in [5.41, 5.74) is 1.79. The molecular weight excluding hydrogens is 443 g/mol. The Morgan fingerprint density at radius 2 is 1.66 bits per heavy atom. The summed E-state index contributed by atoms with van der Waals surface area (Å²) >= 11 is 0. The van der Waals surface area contributed by atoms with Crippen LogP contribution in [0.1, 0.15) is 23.6 Å². The fourth-order valence-corrected chi connectivity index (χ4v) is 5.78. The molecule has 172 valence electrons. The molecule has 1 amide bonds. The van der Waals surface area contributed by atoms with Crippen LogP contribution in [0.5, 0.6) is 0 Å².